The van der Waals surface area contributed by atoms with Crippen LogP contribution in [0.3, 0.4) is 0 Å². The summed E-state index contributed by atoms with van der Waals surface area (Å²) >= 11 is 0. The van der Waals surface area contributed by atoms with E-state index in [9.17, 15) is 9.59 Å². The number of nitrogens with two attached hydrogens (primary N) is 1. The summed E-state index contributed by atoms with van der Waals surface area (Å²) < 4.78 is 16.1. The molecule has 1 heterocycles. The van der Waals surface area contributed by atoms with Crippen LogP contribution in [0.15, 0.2) is 48.5 Å². The zero-order chi connectivity index (χ0) is 20.3. The van der Waals surface area contributed by atoms with Crippen LogP contribution in [0.25, 0.3) is 0 Å². The van der Waals surface area contributed by atoms with Crippen molar-refractivity contribution in [2.75, 3.05) is 18.6 Å². The van der Waals surface area contributed by atoms with Gasteiger partial charge in [0.15, 0.2) is 6.10 Å². The molecule has 28 heavy (non-hydrogen) atoms. The van der Waals surface area contributed by atoms with Crippen molar-refractivity contribution in [1.29, 1.82) is 5.41 Å². The lowest BCUT2D eigenvalue weighted by Crippen LogP contribution is -2.33. The van der Waals surface area contributed by atoms with Crippen LogP contribution in [0.5, 0.6) is 5.75 Å². The van der Waals surface area contributed by atoms with Crippen molar-refractivity contribution in [1.82, 2.24) is 0 Å². The monoisotopic (exact) mass is 383 g/mol. The van der Waals surface area contributed by atoms with Gasteiger partial charge < -0.3 is 19.9 Å². The Morgan fingerprint density at radius 3 is 2.57 bits per heavy atom. The number of rotatable bonds is 6. The molecule has 0 aliphatic carbocycles. The molecule has 1 aliphatic heterocycles. The number of ether oxygens (including phenoxy) is 3. The quantitative estimate of drug-likeness (QED) is 0.450. The molecule has 8 heteroatoms. The molecule has 1 amide bonds. The summed E-state index contributed by atoms with van der Waals surface area (Å²) in [7, 11) is 1.30. The van der Waals surface area contributed by atoms with Gasteiger partial charge in [-0.15, -0.1) is 0 Å². The molecule has 1 saturated heterocycles. The number of carbonyl (C=O) groups excluding carboxylic acids is 2. The van der Waals surface area contributed by atoms with Crippen LogP contribution in [0, 0.1) is 5.41 Å². The summed E-state index contributed by atoms with van der Waals surface area (Å²) in [6.45, 7) is 2.06. The Morgan fingerprint density at radius 2 is 1.93 bits per heavy atom. The number of methoxy groups -OCH3 is 1. The summed E-state index contributed by atoms with van der Waals surface area (Å²) in [5.74, 6) is -0.180. The molecule has 0 bridgehead atoms. The first-order valence-corrected chi connectivity index (χ1v) is 8.67. The van der Waals surface area contributed by atoms with Crippen LogP contribution in [0.2, 0.25) is 0 Å². The molecule has 0 saturated carbocycles. The second-order valence-electron chi connectivity index (χ2n) is 6.30. The molecular formula is C20H21N3O5. The Kier molecular flexibility index (Phi) is 5.49. The summed E-state index contributed by atoms with van der Waals surface area (Å²) in [5.41, 5.74) is 6.97. The van der Waals surface area contributed by atoms with Gasteiger partial charge in [-0.25, -0.2) is 9.59 Å². The van der Waals surface area contributed by atoms with Crippen molar-refractivity contribution < 1.29 is 23.8 Å². The minimum absolute atomic E-state index is 0.0419. The minimum atomic E-state index is -0.523. The molecule has 146 valence electrons. The predicted octanol–water partition coefficient (Wildman–Crippen LogP) is 2.55. The van der Waals surface area contributed by atoms with Gasteiger partial charge in [0.2, 0.25) is 0 Å². The zero-order valence-electron chi connectivity index (χ0n) is 15.5. The highest BCUT2D eigenvalue weighted by atomic mass is 16.6. The number of amides is 1. The molecule has 3 rings (SSSR count). The molecule has 3 N–H and O–H groups in total. The molecule has 2 atom stereocenters. The van der Waals surface area contributed by atoms with E-state index in [4.69, 9.17) is 25.4 Å². The van der Waals surface area contributed by atoms with Gasteiger partial charge in [0.25, 0.3) is 0 Å². The molecule has 0 radical (unpaired) electrons. The van der Waals surface area contributed by atoms with E-state index in [1.807, 2.05) is 0 Å². The van der Waals surface area contributed by atoms with E-state index in [2.05, 4.69) is 0 Å². The van der Waals surface area contributed by atoms with E-state index >= 15 is 0 Å². The Hall–Kier alpha value is -3.55. The number of para-hydroxylation sites is 1. The average Bonchev–Trinajstić information content (AvgIpc) is 3.09. The maximum absolute atomic E-state index is 12.3. The van der Waals surface area contributed by atoms with Gasteiger partial charge in [-0.2, -0.15) is 0 Å². The third kappa shape index (κ3) is 3.90. The number of hydrogen-bond donors (Lipinski definition) is 2. The van der Waals surface area contributed by atoms with Gasteiger partial charge in [0.1, 0.15) is 23.3 Å². The highest BCUT2D eigenvalue weighted by Gasteiger charge is 2.37. The van der Waals surface area contributed by atoms with E-state index < -0.39 is 24.3 Å². The molecule has 2 aromatic carbocycles. The highest BCUT2D eigenvalue weighted by Crippen LogP contribution is 2.26. The largest absolute Gasteiger partial charge is 0.486 e. The molecule has 1 fully saturated rings. The first-order chi connectivity index (χ1) is 13.4. The number of nitrogens with zero attached hydrogens (tertiary/aromatic N) is 1. The molecule has 8 nitrogen and oxygen atoms in total. The number of amidine groups is 1. The summed E-state index contributed by atoms with van der Waals surface area (Å²) in [5, 5.41) is 7.43. The molecule has 2 unspecified atom stereocenters. The lowest BCUT2D eigenvalue weighted by Gasteiger charge is -2.20. The lowest BCUT2D eigenvalue weighted by molar-refractivity contribution is 0.0514. The number of nitrogen functional groups attached to an aromatic ring is 1. The fourth-order valence-corrected chi connectivity index (χ4v) is 2.89. The van der Waals surface area contributed by atoms with E-state index in [0.717, 1.165) is 0 Å². The summed E-state index contributed by atoms with van der Waals surface area (Å²) in [6.07, 6.45) is -1.50. The number of benzene rings is 2. The van der Waals surface area contributed by atoms with Gasteiger partial charge in [-0.3, -0.25) is 10.3 Å². The number of nitrogens with one attached hydrogen (secondary N) is 1. The van der Waals surface area contributed by atoms with Crippen molar-refractivity contribution in [3.05, 3.63) is 59.7 Å². The van der Waals surface area contributed by atoms with Gasteiger partial charge in [0.05, 0.1) is 13.7 Å². The van der Waals surface area contributed by atoms with Crippen LogP contribution in [-0.4, -0.2) is 43.8 Å². The van der Waals surface area contributed by atoms with Crippen molar-refractivity contribution in [2.24, 2.45) is 5.73 Å². The zero-order valence-corrected chi connectivity index (χ0v) is 15.5. The number of hydrogen-bond acceptors (Lipinski definition) is 6. The first-order valence-electron chi connectivity index (χ1n) is 8.67. The lowest BCUT2D eigenvalue weighted by atomic mass is 10.1. The summed E-state index contributed by atoms with van der Waals surface area (Å²) in [6, 6.07) is 13.5. The van der Waals surface area contributed by atoms with Crippen LogP contribution in [-0.2, 0) is 9.47 Å². The Balaban J connectivity index is 1.71. The van der Waals surface area contributed by atoms with E-state index in [-0.39, 0.29) is 5.84 Å². The Morgan fingerprint density at radius 1 is 1.25 bits per heavy atom. The maximum atomic E-state index is 12.3. The maximum Gasteiger partial charge on any atom is 0.414 e. The van der Waals surface area contributed by atoms with Crippen molar-refractivity contribution in [3.8, 4) is 5.75 Å². The molecular weight excluding hydrogens is 362 g/mol. The van der Waals surface area contributed by atoms with Gasteiger partial charge in [0, 0.05) is 11.3 Å². The number of carbonyl (C=O) groups is 2. The topological polar surface area (TPSA) is 115 Å². The van der Waals surface area contributed by atoms with Crippen molar-refractivity contribution in [3.63, 3.8) is 0 Å². The van der Waals surface area contributed by atoms with Gasteiger partial charge in [-0.1, -0.05) is 12.1 Å². The molecule has 0 spiro atoms. The number of cyclic esters (lactones) is 1. The molecule has 2 aromatic rings. The SMILES string of the molecule is COC(=O)c1ccccc1OC(C)C1CN(c2ccc(C(=N)N)cc2)C(=O)O1. The van der Waals surface area contributed by atoms with Crippen LogP contribution >= 0.6 is 0 Å². The fourth-order valence-electron chi connectivity index (χ4n) is 2.89. The minimum Gasteiger partial charge on any atom is -0.486 e. The highest BCUT2D eigenvalue weighted by molar-refractivity contribution is 5.96. The number of esters is 1. The van der Waals surface area contributed by atoms with Crippen LogP contribution < -0.4 is 15.4 Å². The van der Waals surface area contributed by atoms with Crippen molar-refractivity contribution in [2.45, 2.75) is 19.1 Å². The summed E-state index contributed by atoms with van der Waals surface area (Å²) in [4.78, 5) is 25.7. The van der Waals surface area contributed by atoms with E-state index in [1.165, 1.54) is 12.0 Å². The standard InChI is InChI=1S/C20H21N3O5/c1-12(27-16-6-4-3-5-15(16)19(24)26-2)17-11-23(20(25)28-17)14-9-7-13(8-10-14)18(21)22/h3-10,12,17H,11H2,1-2H3,(H3,21,22). The van der Waals surface area contributed by atoms with Gasteiger partial charge >= 0.3 is 12.1 Å². The van der Waals surface area contributed by atoms with Crippen LogP contribution in [0.4, 0.5) is 10.5 Å². The third-order valence-corrected chi connectivity index (χ3v) is 4.45. The van der Waals surface area contributed by atoms with E-state index in [0.29, 0.717) is 29.1 Å². The first kappa shape index (κ1) is 19.2. The normalized spacial score (nSPS) is 17.0. The third-order valence-electron chi connectivity index (χ3n) is 4.45. The molecule has 1 aliphatic rings. The fraction of sp³-hybridized carbons (Fsp3) is 0.250. The second-order valence-corrected chi connectivity index (χ2v) is 6.30. The van der Waals surface area contributed by atoms with Crippen LogP contribution in [0.1, 0.15) is 22.8 Å². The Labute approximate surface area is 162 Å². The van der Waals surface area contributed by atoms with E-state index in [1.54, 1.807) is 55.5 Å². The molecule has 0 aromatic heterocycles. The smallest absolute Gasteiger partial charge is 0.414 e. The Bertz CT molecular complexity index is 897. The second kappa shape index (κ2) is 7.99. The van der Waals surface area contributed by atoms with Crippen molar-refractivity contribution >= 4 is 23.6 Å². The van der Waals surface area contributed by atoms with Gasteiger partial charge in [-0.05, 0) is 43.3 Å². The predicted molar refractivity (Wildman–Crippen MR) is 103 cm³/mol. The average molecular weight is 383 g/mol. The number of anilines is 1.